The first-order valence-corrected chi connectivity index (χ1v) is 11.6. The van der Waals surface area contributed by atoms with E-state index in [4.69, 9.17) is 23.2 Å². The summed E-state index contributed by atoms with van der Waals surface area (Å²) in [6.45, 7) is 2.14. The van der Waals surface area contributed by atoms with Crippen molar-refractivity contribution in [2.75, 3.05) is 0 Å². The van der Waals surface area contributed by atoms with Crippen LogP contribution in [0.5, 0.6) is 0 Å². The minimum absolute atomic E-state index is 0.0700. The summed E-state index contributed by atoms with van der Waals surface area (Å²) >= 11 is 12.1. The molecule has 3 rings (SSSR count). The maximum atomic E-state index is 12.8. The van der Waals surface area contributed by atoms with Crippen molar-refractivity contribution >= 4 is 38.9 Å². The molecule has 2 aromatic rings. The molecule has 28 heavy (non-hydrogen) atoms. The molecule has 1 amide bonds. The van der Waals surface area contributed by atoms with Crippen LogP contribution < -0.4 is 5.32 Å². The van der Waals surface area contributed by atoms with Crippen molar-refractivity contribution in [2.45, 2.75) is 49.3 Å². The molecule has 1 saturated carbocycles. The number of rotatable bonds is 5. The number of hydrogen-bond donors (Lipinski definition) is 1. The number of nitrogens with one attached hydrogen (secondary N) is 1. The monoisotopic (exact) mass is 440 g/mol. The first-order chi connectivity index (χ1) is 13.3. The summed E-state index contributed by atoms with van der Waals surface area (Å²) in [5.41, 5.74) is 0.746. The van der Waals surface area contributed by atoms with Crippen LogP contribution in [0.1, 0.15) is 48.5 Å². The molecule has 0 aliphatic heterocycles. The quantitative estimate of drug-likeness (QED) is 0.732. The molecule has 5 nitrogen and oxygen atoms in total. The second-order valence-electron chi connectivity index (χ2n) is 7.23. The Hall–Kier alpha value is -1.63. The Morgan fingerprint density at radius 1 is 1.18 bits per heavy atom. The van der Waals surface area contributed by atoms with Crippen molar-refractivity contribution in [3.63, 3.8) is 0 Å². The summed E-state index contributed by atoms with van der Waals surface area (Å²) < 4.78 is 25.6. The molecule has 8 heteroatoms. The molecule has 1 heterocycles. The van der Waals surface area contributed by atoms with Crippen molar-refractivity contribution in [1.29, 1.82) is 0 Å². The van der Waals surface area contributed by atoms with Crippen molar-refractivity contribution in [1.82, 2.24) is 10.3 Å². The fourth-order valence-corrected chi connectivity index (χ4v) is 6.12. The Morgan fingerprint density at radius 2 is 1.86 bits per heavy atom. The highest BCUT2D eigenvalue weighted by Gasteiger charge is 2.25. The van der Waals surface area contributed by atoms with Gasteiger partial charge < -0.3 is 5.32 Å². The van der Waals surface area contributed by atoms with E-state index in [-0.39, 0.29) is 32.6 Å². The van der Waals surface area contributed by atoms with Crippen LogP contribution in [-0.2, 0) is 15.6 Å². The standard InChI is InChI=1S/C20H22Cl2N2O3S/c1-13-5-2-3-8-18(13)24-20(25)15-9-14(10-23-11-15)12-28(26,27)19-16(21)6-4-7-17(19)22/h4,6-7,9-11,13,18H,2-3,5,8,12H2,1H3,(H,24,25). The number of hydrogen-bond acceptors (Lipinski definition) is 4. The SMILES string of the molecule is CC1CCCCC1NC(=O)c1cncc(CS(=O)(=O)c2c(Cl)cccc2Cl)c1. The molecule has 0 bridgehead atoms. The lowest BCUT2D eigenvalue weighted by Crippen LogP contribution is -2.41. The van der Waals surface area contributed by atoms with Gasteiger partial charge in [0.2, 0.25) is 0 Å². The number of carbonyl (C=O) groups is 1. The number of aromatic nitrogens is 1. The number of sulfone groups is 1. The number of amides is 1. The summed E-state index contributed by atoms with van der Waals surface area (Å²) in [5, 5.41) is 3.19. The van der Waals surface area contributed by atoms with Crippen LogP contribution in [-0.4, -0.2) is 25.4 Å². The average Bonchev–Trinajstić information content (AvgIpc) is 2.63. The normalized spacial score (nSPS) is 20.0. The van der Waals surface area contributed by atoms with Crippen molar-refractivity contribution in [2.24, 2.45) is 5.92 Å². The second-order valence-corrected chi connectivity index (χ2v) is 9.97. The van der Waals surface area contributed by atoms with E-state index in [9.17, 15) is 13.2 Å². The number of nitrogens with zero attached hydrogens (tertiary/aromatic N) is 1. The van der Waals surface area contributed by atoms with E-state index >= 15 is 0 Å². The lowest BCUT2D eigenvalue weighted by Gasteiger charge is -2.29. The summed E-state index contributed by atoms with van der Waals surface area (Å²) in [6.07, 6.45) is 7.22. The predicted octanol–water partition coefficient (Wildman–Crippen LogP) is 4.67. The molecule has 0 saturated heterocycles. The Bertz CT molecular complexity index is 959. The van der Waals surface area contributed by atoms with Crippen LogP contribution in [0.15, 0.2) is 41.6 Å². The minimum atomic E-state index is -3.79. The lowest BCUT2D eigenvalue weighted by atomic mass is 9.86. The zero-order chi connectivity index (χ0) is 20.3. The molecular formula is C20H22Cl2N2O3S. The van der Waals surface area contributed by atoms with E-state index in [1.165, 1.54) is 30.9 Å². The maximum absolute atomic E-state index is 12.8. The largest absolute Gasteiger partial charge is 0.349 e. The first kappa shape index (κ1) is 21.1. The van der Waals surface area contributed by atoms with Gasteiger partial charge in [0.25, 0.3) is 5.91 Å². The fourth-order valence-electron chi connectivity index (χ4n) is 3.54. The molecule has 2 atom stereocenters. The van der Waals surface area contributed by atoms with Gasteiger partial charge in [-0.1, -0.05) is 49.0 Å². The smallest absolute Gasteiger partial charge is 0.253 e. The van der Waals surface area contributed by atoms with Gasteiger partial charge in [0.05, 0.1) is 21.4 Å². The number of pyridine rings is 1. The van der Waals surface area contributed by atoms with Gasteiger partial charge in [0.15, 0.2) is 9.84 Å². The van der Waals surface area contributed by atoms with E-state index in [1.54, 1.807) is 12.1 Å². The van der Waals surface area contributed by atoms with Crippen molar-refractivity contribution in [3.05, 3.63) is 57.8 Å². The van der Waals surface area contributed by atoms with E-state index in [1.807, 2.05) is 0 Å². The van der Waals surface area contributed by atoms with Crippen LogP contribution in [0.2, 0.25) is 10.0 Å². The number of carbonyl (C=O) groups excluding carboxylic acids is 1. The average molecular weight is 441 g/mol. The van der Waals surface area contributed by atoms with E-state index in [0.717, 1.165) is 19.3 Å². The summed E-state index contributed by atoms with van der Waals surface area (Å²) in [6, 6.07) is 6.23. The maximum Gasteiger partial charge on any atom is 0.253 e. The zero-order valence-electron chi connectivity index (χ0n) is 15.5. The van der Waals surface area contributed by atoms with Gasteiger partial charge in [-0.2, -0.15) is 0 Å². The Labute approximate surface area is 175 Å². The predicted molar refractivity (Wildman–Crippen MR) is 110 cm³/mol. The second kappa shape index (κ2) is 8.80. The molecule has 1 aliphatic carbocycles. The Kier molecular flexibility index (Phi) is 6.63. The lowest BCUT2D eigenvalue weighted by molar-refractivity contribution is 0.0910. The Morgan fingerprint density at radius 3 is 2.54 bits per heavy atom. The molecule has 1 N–H and O–H groups in total. The third-order valence-corrected chi connectivity index (χ3v) is 7.70. The van der Waals surface area contributed by atoms with E-state index < -0.39 is 9.84 Å². The third-order valence-electron chi connectivity index (χ3n) is 5.07. The highest BCUT2D eigenvalue weighted by atomic mass is 35.5. The molecule has 0 spiro atoms. The van der Waals surface area contributed by atoms with Gasteiger partial charge in [0.1, 0.15) is 4.90 Å². The molecule has 2 unspecified atom stereocenters. The van der Waals surface area contributed by atoms with Crippen LogP contribution in [0.25, 0.3) is 0 Å². The van der Waals surface area contributed by atoms with Gasteiger partial charge >= 0.3 is 0 Å². The molecule has 0 radical (unpaired) electrons. The summed E-state index contributed by atoms with van der Waals surface area (Å²) in [7, 11) is -3.79. The summed E-state index contributed by atoms with van der Waals surface area (Å²) in [4.78, 5) is 16.6. The topological polar surface area (TPSA) is 76.1 Å². The van der Waals surface area contributed by atoms with Gasteiger partial charge in [-0.3, -0.25) is 9.78 Å². The molecule has 1 fully saturated rings. The molecular weight excluding hydrogens is 419 g/mol. The highest BCUT2D eigenvalue weighted by Crippen LogP contribution is 2.31. The number of halogens is 2. The van der Waals surface area contributed by atoms with Crippen LogP contribution in [0.4, 0.5) is 0 Å². The van der Waals surface area contributed by atoms with Crippen molar-refractivity contribution < 1.29 is 13.2 Å². The highest BCUT2D eigenvalue weighted by molar-refractivity contribution is 7.90. The van der Waals surface area contributed by atoms with Gasteiger partial charge in [-0.05, 0) is 42.5 Å². The van der Waals surface area contributed by atoms with Crippen LogP contribution >= 0.6 is 23.2 Å². The van der Waals surface area contributed by atoms with Gasteiger partial charge in [0, 0.05) is 18.4 Å². The minimum Gasteiger partial charge on any atom is -0.349 e. The third kappa shape index (κ3) is 4.85. The summed E-state index contributed by atoms with van der Waals surface area (Å²) in [5.74, 6) is -0.150. The van der Waals surface area contributed by atoms with Crippen LogP contribution in [0.3, 0.4) is 0 Å². The zero-order valence-corrected chi connectivity index (χ0v) is 17.8. The van der Waals surface area contributed by atoms with Crippen molar-refractivity contribution in [3.8, 4) is 0 Å². The van der Waals surface area contributed by atoms with E-state index in [2.05, 4.69) is 17.2 Å². The fraction of sp³-hybridized carbons (Fsp3) is 0.400. The van der Waals surface area contributed by atoms with E-state index in [0.29, 0.717) is 17.0 Å². The van der Waals surface area contributed by atoms with Gasteiger partial charge in [-0.25, -0.2) is 8.42 Å². The van der Waals surface area contributed by atoms with Gasteiger partial charge in [-0.15, -0.1) is 0 Å². The number of benzene rings is 1. The molecule has 1 aromatic carbocycles. The molecule has 1 aliphatic rings. The molecule has 150 valence electrons. The first-order valence-electron chi connectivity index (χ1n) is 9.19. The molecule has 1 aromatic heterocycles. The Balaban J connectivity index is 1.78. The van der Waals surface area contributed by atoms with Crippen LogP contribution in [0, 0.1) is 5.92 Å².